The second kappa shape index (κ2) is 6.57. The summed E-state index contributed by atoms with van der Waals surface area (Å²) < 4.78 is 10.4. The van der Waals surface area contributed by atoms with Crippen LogP contribution in [0.5, 0.6) is 5.75 Å². The number of likely N-dealkylation sites (tertiary alicyclic amines) is 1. The van der Waals surface area contributed by atoms with Gasteiger partial charge in [-0.05, 0) is 12.5 Å². The Morgan fingerprint density at radius 1 is 1.37 bits per heavy atom. The van der Waals surface area contributed by atoms with Crippen LogP contribution in [-0.4, -0.2) is 44.7 Å². The summed E-state index contributed by atoms with van der Waals surface area (Å²) in [4.78, 5) is 14.2. The van der Waals surface area contributed by atoms with Crippen LogP contribution in [0.4, 0.5) is 0 Å². The van der Waals surface area contributed by atoms with Gasteiger partial charge in [-0.2, -0.15) is 0 Å². The summed E-state index contributed by atoms with van der Waals surface area (Å²) in [7, 11) is 3.34. The van der Waals surface area contributed by atoms with Crippen LogP contribution < -0.4 is 4.74 Å². The largest absolute Gasteiger partial charge is 0.496 e. The predicted molar refractivity (Wildman–Crippen MR) is 73.3 cm³/mol. The SMILES string of the molecule is COCC1CCN(C(=O)Cc2ccccc2OC)C1. The zero-order chi connectivity index (χ0) is 13.7. The van der Waals surface area contributed by atoms with E-state index in [-0.39, 0.29) is 5.91 Å². The van der Waals surface area contributed by atoms with Gasteiger partial charge in [-0.25, -0.2) is 0 Å². The smallest absolute Gasteiger partial charge is 0.227 e. The molecule has 1 aromatic rings. The van der Waals surface area contributed by atoms with Gasteiger partial charge in [0.25, 0.3) is 0 Å². The lowest BCUT2D eigenvalue weighted by Gasteiger charge is -2.17. The number of hydrogen-bond acceptors (Lipinski definition) is 3. The molecule has 1 heterocycles. The maximum Gasteiger partial charge on any atom is 0.227 e. The molecule has 1 fully saturated rings. The van der Waals surface area contributed by atoms with Crippen molar-refractivity contribution in [1.82, 2.24) is 4.90 Å². The minimum absolute atomic E-state index is 0.170. The molecular weight excluding hydrogens is 242 g/mol. The van der Waals surface area contributed by atoms with Gasteiger partial charge >= 0.3 is 0 Å². The van der Waals surface area contributed by atoms with E-state index in [1.54, 1.807) is 14.2 Å². The van der Waals surface area contributed by atoms with Crippen LogP contribution in [0.25, 0.3) is 0 Å². The van der Waals surface area contributed by atoms with Crippen LogP contribution in [0.15, 0.2) is 24.3 Å². The van der Waals surface area contributed by atoms with Gasteiger partial charge in [0.15, 0.2) is 0 Å². The highest BCUT2D eigenvalue weighted by molar-refractivity contribution is 5.79. The van der Waals surface area contributed by atoms with E-state index >= 15 is 0 Å². The van der Waals surface area contributed by atoms with Crippen molar-refractivity contribution in [2.75, 3.05) is 33.9 Å². The fourth-order valence-electron chi connectivity index (χ4n) is 2.55. The highest BCUT2D eigenvalue weighted by Crippen LogP contribution is 2.21. The van der Waals surface area contributed by atoms with Gasteiger partial charge in [0, 0.05) is 31.7 Å². The zero-order valence-corrected chi connectivity index (χ0v) is 11.6. The minimum atomic E-state index is 0.170. The standard InChI is InChI=1S/C15H21NO3/c1-18-11-12-7-8-16(10-12)15(17)9-13-5-3-4-6-14(13)19-2/h3-6,12H,7-11H2,1-2H3. The molecule has 0 radical (unpaired) electrons. The van der Waals surface area contributed by atoms with E-state index in [1.165, 1.54) is 0 Å². The average molecular weight is 263 g/mol. The summed E-state index contributed by atoms with van der Waals surface area (Å²) in [6.07, 6.45) is 1.44. The Labute approximate surface area is 114 Å². The van der Waals surface area contributed by atoms with E-state index < -0.39 is 0 Å². The van der Waals surface area contributed by atoms with E-state index in [0.29, 0.717) is 12.3 Å². The van der Waals surface area contributed by atoms with Crippen molar-refractivity contribution in [3.8, 4) is 5.75 Å². The summed E-state index contributed by atoms with van der Waals surface area (Å²) in [5, 5.41) is 0. The van der Waals surface area contributed by atoms with Gasteiger partial charge in [0.05, 0.1) is 20.1 Å². The number of nitrogens with zero attached hydrogens (tertiary/aromatic N) is 1. The Balaban J connectivity index is 1.94. The van der Waals surface area contributed by atoms with Crippen LogP contribution >= 0.6 is 0 Å². The lowest BCUT2D eigenvalue weighted by atomic mass is 10.1. The maximum atomic E-state index is 12.3. The first-order valence-electron chi connectivity index (χ1n) is 6.63. The molecule has 1 amide bonds. The Kier molecular flexibility index (Phi) is 4.80. The van der Waals surface area contributed by atoms with Crippen molar-refractivity contribution < 1.29 is 14.3 Å². The summed E-state index contributed by atoms with van der Waals surface area (Å²) in [5.41, 5.74) is 0.949. The summed E-state index contributed by atoms with van der Waals surface area (Å²) in [5.74, 6) is 1.43. The van der Waals surface area contributed by atoms with E-state index in [9.17, 15) is 4.79 Å². The van der Waals surface area contributed by atoms with Crippen molar-refractivity contribution in [3.63, 3.8) is 0 Å². The highest BCUT2D eigenvalue weighted by Gasteiger charge is 2.26. The normalized spacial score (nSPS) is 18.6. The molecule has 1 atom stereocenters. The van der Waals surface area contributed by atoms with Crippen LogP contribution in [0, 0.1) is 5.92 Å². The van der Waals surface area contributed by atoms with Crippen LogP contribution in [0.3, 0.4) is 0 Å². The highest BCUT2D eigenvalue weighted by atomic mass is 16.5. The first-order valence-corrected chi connectivity index (χ1v) is 6.63. The fraction of sp³-hybridized carbons (Fsp3) is 0.533. The number of benzene rings is 1. The van der Waals surface area contributed by atoms with Gasteiger partial charge in [0.1, 0.15) is 5.75 Å². The van der Waals surface area contributed by atoms with Gasteiger partial charge in [-0.15, -0.1) is 0 Å². The molecule has 1 saturated heterocycles. The molecule has 1 unspecified atom stereocenters. The molecule has 0 N–H and O–H groups in total. The summed E-state index contributed by atoms with van der Waals surface area (Å²) in [6, 6.07) is 7.68. The molecule has 1 aromatic carbocycles. The minimum Gasteiger partial charge on any atom is -0.496 e. The quantitative estimate of drug-likeness (QED) is 0.812. The third-order valence-electron chi connectivity index (χ3n) is 3.58. The molecule has 4 heteroatoms. The lowest BCUT2D eigenvalue weighted by Crippen LogP contribution is -2.30. The monoisotopic (exact) mass is 263 g/mol. The fourth-order valence-corrected chi connectivity index (χ4v) is 2.55. The van der Waals surface area contributed by atoms with Crippen molar-refractivity contribution in [2.24, 2.45) is 5.92 Å². The zero-order valence-electron chi connectivity index (χ0n) is 11.6. The van der Waals surface area contributed by atoms with Crippen LogP contribution in [0.1, 0.15) is 12.0 Å². The molecule has 0 spiro atoms. The molecule has 0 saturated carbocycles. The van der Waals surface area contributed by atoms with Gasteiger partial charge in [0.2, 0.25) is 5.91 Å². The first-order chi connectivity index (χ1) is 9.24. The van der Waals surface area contributed by atoms with Crippen molar-refractivity contribution in [2.45, 2.75) is 12.8 Å². The number of para-hydroxylation sites is 1. The Morgan fingerprint density at radius 3 is 2.89 bits per heavy atom. The number of methoxy groups -OCH3 is 2. The number of hydrogen-bond donors (Lipinski definition) is 0. The maximum absolute atomic E-state index is 12.3. The molecule has 104 valence electrons. The van der Waals surface area contributed by atoms with Gasteiger partial charge in [-0.3, -0.25) is 4.79 Å². The topological polar surface area (TPSA) is 38.8 Å². The molecule has 0 aromatic heterocycles. The van der Waals surface area contributed by atoms with E-state index in [0.717, 1.165) is 37.4 Å². The third kappa shape index (κ3) is 3.47. The molecule has 0 bridgehead atoms. The third-order valence-corrected chi connectivity index (χ3v) is 3.58. The summed E-state index contributed by atoms with van der Waals surface area (Å²) >= 11 is 0. The van der Waals surface area contributed by atoms with Crippen LogP contribution in [0.2, 0.25) is 0 Å². The van der Waals surface area contributed by atoms with E-state index in [1.807, 2.05) is 29.2 Å². The van der Waals surface area contributed by atoms with Crippen molar-refractivity contribution >= 4 is 5.91 Å². The van der Waals surface area contributed by atoms with Crippen molar-refractivity contribution in [1.29, 1.82) is 0 Å². The Bertz CT molecular complexity index is 433. The number of amides is 1. The predicted octanol–water partition coefficient (Wildman–Crippen LogP) is 1.73. The second-order valence-corrected chi connectivity index (χ2v) is 4.94. The lowest BCUT2D eigenvalue weighted by molar-refractivity contribution is -0.129. The average Bonchev–Trinajstić information content (AvgIpc) is 2.88. The Hall–Kier alpha value is -1.55. The number of carbonyl (C=O) groups is 1. The number of ether oxygens (including phenoxy) is 2. The number of rotatable bonds is 5. The Morgan fingerprint density at radius 2 is 2.16 bits per heavy atom. The second-order valence-electron chi connectivity index (χ2n) is 4.94. The summed E-state index contributed by atoms with van der Waals surface area (Å²) in [6.45, 7) is 2.38. The first kappa shape index (κ1) is 13.9. The molecule has 4 nitrogen and oxygen atoms in total. The van der Waals surface area contributed by atoms with E-state index in [2.05, 4.69) is 0 Å². The molecule has 1 aliphatic heterocycles. The molecular formula is C15H21NO3. The van der Waals surface area contributed by atoms with Gasteiger partial charge < -0.3 is 14.4 Å². The number of carbonyl (C=O) groups excluding carboxylic acids is 1. The molecule has 2 rings (SSSR count). The molecule has 0 aliphatic carbocycles. The van der Waals surface area contributed by atoms with Crippen LogP contribution in [-0.2, 0) is 16.0 Å². The van der Waals surface area contributed by atoms with Gasteiger partial charge in [-0.1, -0.05) is 18.2 Å². The molecule has 1 aliphatic rings. The van der Waals surface area contributed by atoms with E-state index in [4.69, 9.17) is 9.47 Å². The van der Waals surface area contributed by atoms with Crippen molar-refractivity contribution in [3.05, 3.63) is 29.8 Å². The molecule has 19 heavy (non-hydrogen) atoms.